The lowest BCUT2D eigenvalue weighted by Gasteiger charge is -2.43. The van der Waals surface area contributed by atoms with E-state index >= 15 is 0 Å². The molecule has 2 aliphatic heterocycles. The molecule has 1 unspecified atom stereocenters. The largest absolute Gasteiger partial charge is 0.489 e. The number of likely N-dealkylation sites (N-methyl/N-ethyl adjacent to an activating group) is 1. The summed E-state index contributed by atoms with van der Waals surface area (Å²) >= 11 is 0. The number of ether oxygens (including phenoxy) is 1. The van der Waals surface area contributed by atoms with Gasteiger partial charge in [-0.1, -0.05) is 13.8 Å². The maximum atomic E-state index is 12.8. The van der Waals surface area contributed by atoms with Crippen LogP contribution in [0.15, 0.2) is 18.2 Å². The fraction of sp³-hybridized carbons (Fsp3) is 0.571. The number of fused-ring (bicyclic) bond motifs is 1. The maximum absolute atomic E-state index is 12.8. The summed E-state index contributed by atoms with van der Waals surface area (Å²) in [6, 6.07) is 5.44. The molecule has 1 saturated heterocycles. The smallest absolute Gasteiger partial charge is 0.255 e. The van der Waals surface area contributed by atoms with E-state index in [1.807, 2.05) is 12.1 Å². The molecule has 3 amide bonds. The summed E-state index contributed by atoms with van der Waals surface area (Å²) in [5.41, 5.74) is 1.50. The van der Waals surface area contributed by atoms with Gasteiger partial charge in [-0.25, -0.2) is 0 Å². The van der Waals surface area contributed by atoms with Gasteiger partial charge in [0.25, 0.3) is 5.91 Å². The highest BCUT2D eigenvalue weighted by Crippen LogP contribution is 2.33. The summed E-state index contributed by atoms with van der Waals surface area (Å²) in [4.78, 5) is 40.3. The number of imide groups is 1. The zero-order valence-corrected chi connectivity index (χ0v) is 16.4. The maximum Gasteiger partial charge on any atom is 0.255 e. The summed E-state index contributed by atoms with van der Waals surface area (Å²) in [5, 5.41) is 2.33. The Morgan fingerprint density at radius 1 is 1.14 bits per heavy atom. The zero-order valence-electron chi connectivity index (χ0n) is 16.4. The van der Waals surface area contributed by atoms with Gasteiger partial charge in [0, 0.05) is 24.6 Å². The molecule has 3 atom stereocenters. The van der Waals surface area contributed by atoms with Gasteiger partial charge in [-0.05, 0) is 56.1 Å². The van der Waals surface area contributed by atoms with E-state index in [2.05, 4.69) is 24.1 Å². The molecule has 1 aliphatic carbocycles. The highest BCUT2D eigenvalue weighted by Gasteiger charge is 2.40. The van der Waals surface area contributed by atoms with Gasteiger partial charge >= 0.3 is 0 Å². The molecule has 7 heteroatoms. The SMILES string of the molecule is CCN(CC)[C@@H]1CC[C@@H]1Oc1ccc2c(c1)CN(C1CCC(=O)NC1=O)C2=O. The molecule has 0 radical (unpaired) electrons. The number of nitrogens with one attached hydrogen (secondary N) is 1. The Morgan fingerprint density at radius 3 is 2.57 bits per heavy atom. The fourth-order valence-electron chi connectivity index (χ4n) is 4.50. The van der Waals surface area contributed by atoms with Crippen LogP contribution in [0.25, 0.3) is 0 Å². The number of hydrogen-bond acceptors (Lipinski definition) is 5. The van der Waals surface area contributed by atoms with Gasteiger partial charge in [-0.2, -0.15) is 0 Å². The van der Waals surface area contributed by atoms with Crippen molar-refractivity contribution >= 4 is 17.7 Å². The van der Waals surface area contributed by atoms with Crippen LogP contribution in [0.5, 0.6) is 5.75 Å². The number of carbonyl (C=O) groups is 3. The minimum atomic E-state index is -0.583. The van der Waals surface area contributed by atoms with Crippen molar-refractivity contribution in [2.45, 2.75) is 64.3 Å². The highest BCUT2D eigenvalue weighted by molar-refractivity contribution is 6.05. The molecule has 1 aromatic carbocycles. The molecule has 150 valence electrons. The van der Waals surface area contributed by atoms with E-state index < -0.39 is 6.04 Å². The van der Waals surface area contributed by atoms with Gasteiger partial charge in [0.05, 0.1) is 0 Å². The summed E-state index contributed by atoms with van der Waals surface area (Å²) < 4.78 is 6.23. The van der Waals surface area contributed by atoms with Gasteiger partial charge in [-0.15, -0.1) is 0 Å². The number of amides is 3. The third-order valence-electron chi connectivity index (χ3n) is 6.24. The molecule has 1 N–H and O–H groups in total. The van der Waals surface area contributed by atoms with Crippen molar-refractivity contribution < 1.29 is 19.1 Å². The first kappa shape index (κ1) is 18.9. The van der Waals surface area contributed by atoms with Crippen LogP contribution in [0.2, 0.25) is 0 Å². The normalized spacial score (nSPS) is 26.9. The molecule has 28 heavy (non-hydrogen) atoms. The Labute approximate surface area is 165 Å². The Hall–Kier alpha value is -2.41. The predicted molar refractivity (Wildman–Crippen MR) is 103 cm³/mol. The second-order valence-corrected chi connectivity index (χ2v) is 7.74. The van der Waals surface area contributed by atoms with Crippen LogP contribution in [-0.4, -0.2) is 58.8 Å². The Balaban J connectivity index is 1.45. The van der Waals surface area contributed by atoms with E-state index in [1.165, 1.54) is 0 Å². The van der Waals surface area contributed by atoms with Crippen LogP contribution < -0.4 is 10.1 Å². The lowest BCUT2D eigenvalue weighted by atomic mass is 9.87. The van der Waals surface area contributed by atoms with E-state index in [1.54, 1.807) is 11.0 Å². The van der Waals surface area contributed by atoms with Crippen LogP contribution >= 0.6 is 0 Å². The fourth-order valence-corrected chi connectivity index (χ4v) is 4.50. The van der Waals surface area contributed by atoms with E-state index in [0.717, 1.165) is 37.2 Å². The van der Waals surface area contributed by atoms with Crippen LogP contribution in [0.3, 0.4) is 0 Å². The van der Waals surface area contributed by atoms with Crippen molar-refractivity contribution in [3.8, 4) is 5.75 Å². The lowest BCUT2D eigenvalue weighted by molar-refractivity contribution is -0.136. The standard InChI is InChI=1S/C21H27N3O4/c1-3-23(4-2)16-7-9-18(16)28-14-5-6-15-13(11-14)12-24(21(15)27)17-8-10-19(25)22-20(17)26/h5-6,11,16-18H,3-4,7-10,12H2,1-2H3,(H,22,25,26)/t16-,17?,18+/m1/s1. The van der Waals surface area contributed by atoms with Gasteiger partial charge in [0.15, 0.2) is 0 Å². The predicted octanol–water partition coefficient (Wildman–Crippen LogP) is 1.70. The van der Waals surface area contributed by atoms with Gasteiger partial charge in [0.1, 0.15) is 17.9 Å². The first-order valence-corrected chi connectivity index (χ1v) is 10.2. The van der Waals surface area contributed by atoms with Crippen LogP contribution in [0, 0.1) is 0 Å². The molecule has 0 spiro atoms. The molecule has 2 fully saturated rings. The van der Waals surface area contributed by atoms with Crippen molar-refractivity contribution in [1.29, 1.82) is 0 Å². The third-order valence-corrected chi connectivity index (χ3v) is 6.24. The minimum Gasteiger partial charge on any atom is -0.489 e. The first-order valence-electron chi connectivity index (χ1n) is 10.2. The van der Waals surface area contributed by atoms with Crippen molar-refractivity contribution in [2.75, 3.05) is 13.1 Å². The minimum absolute atomic E-state index is 0.152. The summed E-state index contributed by atoms with van der Waals surface area (Å²) in [5.74, 6) is -0.0333. The second kappa shape index (κ2) is 7.54. The lowest BCUT2D eigenvalue weighted by Crippen LogP contribution is -2.53. The number of hydrogen-bond donors (Lipinski definition) is 1. The van der Waals surface area contributed by atoms with E-state index in [-0.39, 0.29) is 30.2 Å². The Kier molecular flexibility index (Phi) is 5.10. The Bertz CT molecular complexity index is 805. The zero-order chi connectivity index (χ0) is 19.8. The second-order valence-electron chi connectivity index (χ2n) is 7.74. The van der Waals surface area contributed by atoms with Gasteiger partial charge in [0.2, 0.25) is 11.8 Å². The summed E-state index contributed by atoms with van der Waals surface area (Å²) in [6.45, 7) is 6.75. The molecule has 4 rings (SSSR count). The average Bonchev–Trinajstić information content (AvgIpc) is 2.99. The molecule has 1 saturated carbocycles. The van der Waals surface area contributed by atoms with Gasteiger partial charge in [-0.3, -0.25) is 24.6 Å². The Morgan fingerprint density at radius 2 is 1.93 bits per heavy atom. The molecular formula is C21H27N3O4. The topological polar surface area (TPSA) is 79.0 Å². The summed E-state index contributed by atoms with van der Waals surface area (Å²) in [6.07, 6.45) is 3.01. The van der Waals surface area contributed by atoms with Crippen molar-refractivity contribution in [3.63, 3.8) is 0 Å². The van der Waals surface area contributed by atoms with Crippen molar-refractivity contribution in [1.82, 2.24) is 15.1 Å². The highest BCUT2D eigenvalue weighted by atomic mass is 16.5. The molecule has 0 aromatic heterocycles. The number of piperidine rings is 1. The molecule has 3 aliphatic rings. The number of benzene rings is 1. The van der Waals surface area contributed by atoms with Gasteiger partial charge < -0.3 is 9.64 Å². The average molecular weight is 385 g/mol. The quantitative estimate of drug-likeness (QED) is 0.754. The third kappa shape index (κ3) is 3.28. The molecule has 1 aromatic rings. The molecule has 0 bridgehead atoms. The van der Waals surface area contributed by atoms with E-state index in [4.69, 9.17) is 4.74 Å². The van der Waals surface area contributed by atoms with Crippen LogP contribution in [0.4, 0.5) is 0 Å². The monoisotopic (exact) mass is 385 g/mol. The number of nitrogens with zero attached hydrogens (tertiary/aromatic N) is 2. The van der Waals surface area contributed by atoms with Crippen molar-refractivity contribution in [2.24, 2.45) is 0 Å². The van der Waals surface area contributed by atoms with Crippen molar-refractivity contribution in [3.05, 3.63) is 29.3 Å². The first-order chi connectivity index (χ1) is 13.5. The van der Waals surface area contributed by atoms with E-state index in [0.29, 0.717) is 24.6 Å². The summed E-state index contributed by atoms with van der Waals surface area (Å²) in [7, 11) is 0. The van der Waals surface area contributed by atoms with Crippen LogP contribution in [0.1, 0.15) is 55.5 Å². The number of rotatable bonds is 6. The van der Waals surface area contributed by atoms with Crippen LogP contribution in [-0.2, 0) is 16.1 Å². The molecular weight excluding hydrogens is 358 g/mol. The number of carbonyl (C=O) groups excluding carboxylic acids is 3. The molecule has 2 heterocycles. The van der Waals surface area contributed by atoms with E-state index in [9.17, 15) is 14.4 Å². The molecule has 7 nitrogen and oxygen atoms in total.